The number of nitrogens with one attached hydrogen (secondary N) is 1. The largest absolute Gasteiger partial charge is 0.492 e. The van der Waals surface area contributed by atoms with Gasteiger partial charge >= 0.3 is 6.03 Å². The number of hydrogen-bond acceptors (Lipinski definition) is 3. The Morgan fingerprint density at radius 2 is 1.69 bits per heavy atom. The molecule has 26 heavy (non-hydrogen) atoms. The van der Waals surface area contributed by atoms with E-state index in [1.807, 2.05) is 36.1 Å². The molecule has 1 saturated heterocycles. The normalized spacial score (nSPS) is 14.3. The van der Waals surface area contributed by atoms with Gasteiger partial charge in [0.15, 0.2) is 0 Å². The minimum Gasteiger partial charge on any atom is -0.492 e. The van der Waals surface area contributed by atoms with Crippen LogP contribution >= 0.6 is 0 Å². The molecule has 2 aromatic carbocycles. The third-order valence-electron chi connectivity index (χ3n) is 4.57. The van der Waals surface area contributed by atoms with Gasteiger partial charge in [0.2, 0.25) is 0 Å². The molecule has 0 spiro atoms. The fourth-order valence-electron chi connectivity index (χ4n) is 3.35. The monoisotopic (exact) mass is 353 g/mol. The lowest BCUT2D eigenvalue weighted by Crippen LogP contribution is -2.50. The fourth-order valence-corrected chi connectivity index (χ4v) is 3.35. The molecule has 138 valence electrons. The molecule has 2 aromatic rings. The highest BCUT2D eigenvalue weighted by molar-refractivity contribution is 5.91. The Hall–Kier alpha value is -2.69. The average molecular weight is 353 g/mol. The lowest BCUT2D eigenvalue weighted by atomic mass is 10.1. The van der Waals surface area contributed by atoms with Gasteiger partial charge in [0, 0.05) is 31.9 Å². The van der Waals surface area contributed by atoms with E-state index >= 15 is 0 Å². The van der Waals surface area contributed by atoms with Crippen LogP contribution in [0.3, 0.4) is 0 Å². The summed E-state index contributed by atoms with van der Waals surface area (Å²) >= 11 is 0. The highest BCUT2D eigenvalue weighted by Gasteiger charge is 2.22. The SMILES string of the molecule is CCOc1ccccc1NC(=O)N1CCN(c2cc(C)cc(C)c2)CC1. The summed E-state index contributed by atoms with van der Waals surface area (Å²) in [4.78, 5) is 16.8. The average Bonchev–Trinajstić information content (AvgIpc) is 2.63. The molecule has 0 atom stereocenters. The summed E-state index contributed by atoms with van der Waals surface area (Å²) in [5.41, 5.74) is 4.50. The standard InChI is InChI=1S/C21H27N3O2/c1-4-26-20-8-6-5-7-19(20)22-21(25)24-11-9-23(10-12-24)18-14-16(2)13-17(3)15-18/h5-8,13-15H,4,9-12H2,1-3H3,(H,22,25). The van der Waals surface area contributed by atoms with Crippen molar-refractivity contribution < 1.29 is 9.53 Å². The Morgan fingerprint density at radius 1 is 1.04 bits per heavy atom. The van der Waals surface area contributed by atoms with Crippen LogP contribution in [-0.2, 0) is 0 Å². The first-order valence-corrected chi connectivity index (χ1v) is 9.18. The Balaban J connectivity index is 1.60. The second-order valence-electron chi connectivity index (χ2n) is 6.68. The second-order valence-corrected chi connectivity index (χ2v) is 6.68. The molecule has 1 aliphatic heterocycles. The zero-order valence-electron chi connectivity index (χ0n) is 15.8. The van der Waals surface area contributed by atoms with Crippen molar-refractivity contribution >= 4 is 17.4 Å². The molecule has 0 saturated carbocycles. The number of aryl methyl sites for hydroxylation is 2. The summed E-state index contributed by atoms with van der Waals surface area (Å²) in [6.07, 6.45) is 0. The topological polar surface area (TPSA) is 44.8 Å². The summed E-state index contributed by atoms with van der Waals surface area (Å²) in [5, 5.41) is 2.98. The first-order valence-electron chi connectivity index (χ1n) is 9.18. The minimum absolute atomic E-state index is 0.0720. The summed E-state index contributed by atoms with van der Waals surface area (Å²) in [7, 11) is 0. The number of nitrogens with zero attached hydrogens (tertiary/aromatic N) is 2. The third-order valence-corrected chi connectivity index (χ3v) is 4.57. The summed E-state index contributed by atoms with van der Waals surface area (Å²) < 4.78 is 5.58. The number of ether oxygens (including phenoxy) is 1. The van der Waals surface area contributed by atoms with Crippen LogP contribution in [0.15, 0.2) is 42.5 Å². The number of benzene rings is 2. The molecule has 0 bridgehead atoms. The molecule has 0 aliphatic carbocycles. The zero-order valence-corrected chi connectivity index (χ0v) is 15.8. The van der Waals surface area contributed by atoms with Crippen LogP contribution in [0.4, 0.5) is 16.2 Å². The Labute approximate surface area is 155 Å². The van der Waals surface area contributed by atoms with Crippen molar-refractivity contribution in [3.63, 3.8) is 0 Å². The van der Waals surface area contributed by atoms with Crippen LogP contribution in [0.5, 0.6) is 5.75 Å². The molecule has 0 aromatic heterocycles. The molecule has 0 unspecified atom stereocenters. The van der Waals surface area contributed by atoms with Crippen molar-refractivity contribution in [2.75, 3.05) is 43.0 Å². The minimum atomic E-state index is -0.0720. The van der Waals surface area contributed by atoms with E-state index in [0.29, 0.717) is 25.4 Å². The number of anilines is 2. The Morgan fingerprint density at radius 3 is 2.35 bits per heavy atom. The number of carbonyl (C=O) groups is 1. The number of piperazine rings is 1. The summed E-state index contributed by atoms with van der Waals surface area (Å²) in [6.45, 7) is 9.83. The fraction of sp³-hybridized carbons (Fsp3) is 0.381. The third kappa shape index (κ3) is 4.28. The van der Waals surface area contributed by atoms with E-state index in [0.717, 1.165) is 18.8 Å². The van der Waals surface area contributed by atoms with Crippen molar-refractivity contribution in [1.29, 1.82) is 0 Å². The quantitative estimate of drug-likeness (QED) is 0.902. The van der Waals surface area contributed by atoms with Crippen molar-refractivity contribution in [3.05, 3.63) is 53.6 Å². The zero-order chi connectivity index (χ0) is 18.5. The number of urea groups is 1. The summed E-state index contributed by atoms with van der Waals surface area (Å²) in [6, 6.07) is 14.1. The molecule has 1 N–H and O–H groups in total. The molecule has 5 nitrogen and oxygen atoms in total. The van der Waals surface area contributed by atoms with E-state index in [4.69, 9.17) is 4.74 Å². The van der Waals surface area contributed by atoms with Gasteiger partial charge < -0.3 is 19.9 Å². The number of rotatable bonds is 4. The van der Waals surface area contributed by atoms with Gasteiger partial charge in [-0.2, -0.15) is 0 Å². The van der Waals surface area contributed by atoms with Gasteiger partial charge in [0.05, 0.1) is 12.3 Å². The molecule has 1 heterocycles. The maximum atomic E-state index is 12.6. The molecule has 0 radical (unpaired) electrons. The molecule has 3 rings (SSSR count). The van der Waals surface area contributed by atoms with Gasteiger partial charge in [-0.1, -0.05) is 18.2 Å². The van der Waals surface area contributed by atoms with Gasteiger partial charge in [0.1, 0.15) is 5.75 Å². The van der Waals surface area contributed by atoms with Crippen LogP contribution in [0.25, 0.3) is 0 Å². The van der Waals surface area contributed by atoms with Gasteiger partial charge in [-0.25, -0.2) is 4.79 Å². The second kappa shape index (κ2) is 8.13. The van der Waals surface area contributed by atoms with E-state index in [-0.39, 0.29) is 6.03 Å². The van der Waals surface area contributed by atoms with E-state index in [1.54, 1.807) is 0 Å². The van der Waals surface area contributed by atoms with Crippen LogP contribution in [0.2, 0.25) is 0 Å². The van der Waals surface area contributed by atoms with E-state index in [1.165, 1.54) is 16.8 Å². The number of hydrogen-bond donors (Lipinski definition) is 1. The number of amides is 2. The van der Waals surface area contributed by atoms with E-state index in [2.05, 4.69) is 42.3 Å². The number of para-hydroxylation sites is 2. The Bertz CT molecular complexity index is 747. The molecule has 1 fully saturated rings. The summed E-state index contributed by atoms with van der Waals surface area (Å²) in [5.74, 6) is 0.706. The predicted octanol–water partition coefficient (Wildman–Crippen LogP) is 4.06. The van der Waals surface area contributed by atoms with Crippen LogP contribution in [-0.4, -0.2) is 43.7 Å². The van der Waals surface area contributed by atoms with Crippen LogP contribution in [0.1, 0.15) is 18.1 Å². The lowest BCUT2D eigenvalue weighted by molar-refractivity contribution is 0.208. The van der Waals surface area contributed by atoms with E-state index < -0.39 is 0 Å². The maximum Gasteiger partial charge on any atom is 0.322 e. The van der Waals surface area contributed by atoms with Gasteiger partial charge in [-0.05, 0) is 56.2 Å². The van der Waals surface area contributed by atoms with Gasteiger partial charge in [-0.3, -0.25) is 0 Å². The maximum absolute atomic E-state index is 12.6. The Kier molecular flexibility index (Phi) is 5.66. The smallest absolute Gasteiger partial charge is 0.322 e. The van der Waals surface area contributed by atoms with Gasteiger partial charge in [0.25, 0.3) is 0 Å². The van der Waals surface area contributed by atoms with Crippen LogP contribution < -0.4 is 15.0 Å². The first-order chi connectivity index (χ1) is 12.6. The highest BCUT2D eigenvalue weighted by Crippen LogP contribution is 2.25. The lowest BCUT2D eigenvalue weighted by Gasteiger charge is -2.36. The van der Waals surface area contributed by atoms with Crippen LogP contribution in [0, 0.1) is 13.8 Å². The molecular weight excluding hydrogens is 326 g/mol. The predicted molar refractivity (Wildman–Crippen MR) is 106 cm³/mol. The molecule has 1 aliphatic rings. The molecule has 5 heteroatoms. The van der Waals surface area contributed by atoms with Crippen molar-refractivity contribution in [2.45, 2.75) is 20.8 Å². The van der Waals surface area contributed by atoms with Crippen molar-refractivity contribution in [2.24, 2.45) is 0 Å². The van der Waals surface area contributed by atoms with E-state index in [9.17, 15) is 4.79 Å². The molecule has 2 amide bonds. The van der Waals surface area contributed by atoms with Gasteiger partial charge in [-0.15, -0.1) is 0 Å². The highest BCUT2D eigenvalue weighted by atomic mass is 16.5. The first kappa shape index (κ1) is 18.1. The molecular formula is C21H27N3O2. The van der Waals surface area contributed by atoms with Crippen molar-refractivity contribution in [1.82, 2.24) is 4.90 Å². The number of carbonyl (C=O) groups excluding carboxylic acids is 1. The van der Waals surface area contributed by atoms with Crippen molar-refractivity contribution in [3.8, 4) is 5.75 Å².